The summed E-state index contributed by atoms with van der Waals surface area (Å²) in [4.78, 5) is 15.3. The number of carboxylic acid groups (broad SMARTS) is 1. The monoisotopic (exact) mass is 284 g/mol. The van der Waals surface area contributed by atoms with Gasteiger partial charge in [-0.1, -0.05) is 6.07 Å². The third kappa shape index (κ3) is 2.76. The van der Waals surface area contributed by atoms with E-state index in [1.807, 2.05) is 0 Å². The van der Waals surface area contributed by atoms with Crippen LogP contribution in [0.5, 0.6) is 0 Å². The van der Waals surface area contributed by atoms with Crippen molar-refractivity contribution in [3.05, 3.63) is 30.1 Å². The van der Waals surface area contributed by atoms with Crippen molar-refractivity contribution >= 4 is 16.0 Å². The van der Waals surface area contributed by atoms with E-state index in [1.54, 1.807) is 31.5 Å². The molecule has 19 heavy (non-hydrogen) atoms. The Hall–Kier alpha value is -1.47. The summed E-state index contributed by atoms with van der Waals surface area (Å²) in [6.07, 6.45) is 3.21. The predicted molar refractivity (Wildman–Crippen MR) is 69.1 cm³/mol. The number of aromatic nitrogens is 1. The van der Waals surface area contributed by atoms with Crippen LogP contribution in [-0.4, -0.2) is 47.6 Å². The molecule has 0 aromatic carbocycles. The molecule has 1 N–H and O–H groups in total. The van der Waals surface area contributed by atoms with Crippen molar-refractivity contribution in [1.82, 2.24) is 9.29 Å². The first-order valence-corrected chi connectivity index (χ1v) is 7.67. The van der Waals surface area contributed by atoms with Gasteiger partial charge in [-0.3, -0.25) is 9.78 Å². The van der Waals surface area contributed by atoms with Crippen LogP contribution in [0.1, 0.15) is 18.4 Å². The summed E-state index contributed by atoms with van der Waals surface area (Å²) < 4.78 is 25.0. The predicted octanol–water partition coefficient (Wildman–Crippen LogP) is 0.531. The molecule has 1 fully saturated rings. The second-order valence-corrected chi connectivity index (χ2v) is 6.81. The van der Waals surface area contributed by atoms with Crippen molar-refractivity contribution in [2.45, 2.75) is 12.8 Å². The fraction of sp³-hybridized carbons (Fsp3) is 0.500. The van der Waals surface area contributed by atoms with Crippen molar-refractivity contribution in [3.8, 4) is 0 Å². The minimum Gasteiger partial charge on any atom is -0.481 e. The van der Waals surface area contributed by atoms with Crippen LogP contribution in [0.2, 0.25) is 0 Å². The van der Waals surface area contributed by atoms with E-state index in [4.69, 9.17) is 0 Å². The molecule has 0 saturated carbocycles. The standard InChI is InChI=1S/C12H16N2O4S/c1-2-19(17,18)14-7-10(11(8-14)12(15)16)9-4-3-5-13-6-9/h3-6,10-11H,2,7-8H2,1H3,(H,15,16)/t10-,11-/m1/s1. The van der Waals surface area contributed by atoms with Crippen molar-refractivity contribution in [3.63, 3.8) is 0 Å². The maximum Gasteiger partial charge on any atom is 0.308 e. The second-order valence-electron chi connectivity index (χ2n) is 4.56. The number of nitrogens with zero attached hydrogens (tertiary/aromatic N) is 2. The molecule has 2 atom stereocenters. The number of hydrogen-bond donors (Lipinski definition) is 1. The van der Waals surface area contributed by atoms with E-state index in [0.717, 1.165) is 5.56 Å². The first-order chi connectivity index (χ1) is 8.95. The zero-order valence-electron chi connectivity index (χ0n) is 10.6. The highest BCUT2D eigenvalue weighted by Crippen LogP contribution is 2.33. The van der Waals surface area contributed by atoms with Crippen LogP contribution in [0.4, 0.5) is 0 Å². The summed E-state index contributed by atoms with van der Waals surface area (Å²) in [5, 5.41) is 9.26. The average Bonchev–Trinajstić information content (AvgIpc) is 2.85. The SMILES string of the molecule is CCS(=O)(=O)N1C[C@H](c2cccnc2)[C@H](C(=O)O)C1. The number of hydrogen-bond acceptors (Lipinski definition) is 4. The molecule has 1 aromatic heterocycles. The molecule has 1 aliphatic rings. The van der Waals surface area contributed by atoms with E-state index in [-0.39, 0.29) is 24.8 Å². The highest BCUT2D eigenvalue weighted by Gasteiger charge is 2.42. The van der Waals surface area contributed by atoms with Gasteiger partial charge in [0.2, 0.25) is 10.0 Å². The average molecular weight is 284 g/mol. The molecule has 0 unspecified atom stereocenters. The zero-order valence-corrected chi connectivity index (χ0v) is 11.4. The first kappa shape index (κ1) is 14.0. The molecule has 0 bridgehead atoms. The fourth-order valence-electron chi connectivity index (χ4n) is 2.36. The van der Waals surface area contributed by atoms with Gasteiger partial charge < -0.3 is 5.11 Å². The number of sulfonamides is 1. The van der Waals surface area contributed by atoms with Gasteiger partial charge in [-0.2, -0.15) is 0 Å². The van der Waals surface area contributed by atoms with Gasteiger partial charge in [0.25, 0.3) is 0 Å². The Morgan fingerprint density at radius 2 is 2.26 bits per heavy atom. The van der Waals surface area contributed by atoms with E-state index < -0.39 is 21.9 Å². The smallest absolute Gasteiger partial charge is 0.308 e. The van der Waals surface area contributed by atoms with Gasteiger partial charge in [-0.05, 0) is 18.6 Å². The maximum absolute atomic E-state index is 11.9. The van der Waals surface area contributed by atoms with Gasteiger partial charge in [0.1, 0.15) is 0 Å². The number of carboxylic acids is 1. The Morgan fingerprint density at radius 3 is 2.79 bits per heavy atom. The van der Waals surface area contributed by atoms with Crippen molar-refractivity contribution in [1.29, 1.82) is 0 Å². The lowest BCUT2D eigenvalue weighted by Crippen LogP contribution is -2.31. The Morgan fingerprint density at radius 1 is 1.53 bits per heavy atom. The molecular weight excluding hydrogens is 268 g/mol. The van der Waals surface area contributed by atoms with Crippen LogP contribution in [0, 0.1) is 5.92 Å². The molecule has 0 aliphatic carbocycles. The summed E-state index contributed by atoms with van der Waals surface area (Å²) in [6, 6.07) is 3.51. The lowest BCUT2D eigenvalue weighted by Gasteiger charge is -2.15. The lowest BCUT2D eigenvalue weighted by molar-refractivity contribution is -0.141. The Balaban J connectivity index is 2.31. The van der Waals surface area contributed by atoms with Crippen molar-refractivity contribution in [2.75, 3.05) is 18.8 Å². The molecule has 1 aromatic rings. The molecule has 0 amide bonds. The molecule has 2 rings (SSSR count). The van der Waals surface area contributed by atoms with Crippen molar-refractivity contribution < 1.29 is 18.3 Å². The molecule has 6 nitrogen and oxygen atoms in total. The molecule has 0 spiro atoms. The molecule has 1 aliphatic heterocycles. The largest absolute Gasteiger partial charge is 0.481 e. The van der Waals surface area contributed by atoms with Crippen LogP contribution in [0.15, 0.2) is 24.5 Å². The van der Waals surface area contributed by atoms with Crippen LogP contribution in [-0.2, 0) is 14.8 Å². The quantitative estimate of drug-likeness (QED) is 0.871. The van der Waals surface area contributed by atoms with Crippen LogP contribution >= 0.6 is 0 Å². The van der Waals surface area contributed by atoms with E-state index in [1.165, 1.54) is 4.31 Å². The van der Waals surface area contributed by atoms with Crippen LogP contribution < -0.4 is 0 Å². The summed E-state index contributed by atoms with van der Waals surface area (Å²) >= 11 is 0. The van der Waals surface area contributed by atoms with Gasteiger partial charge in [-0.25, -0.2) is 12.7 Å². The molecule has 1 saturated heterocycles. The molecular formula is C12H16N2O4S. The minimum absolute atomic E-state index is 0.0148. The Kier molecular flexibility index (Phi) is 3.86. The van der Waals surface area contributed by atoms with Crippen LogP contribution in [0.3, 0.4) is 0 Å². The van der Waals surface area contributed by atoms with Gasteiger partial charge in [0, 0.05) is 31.4 Å². The first-order valence-electron chi connectivity index (χ1n) is 6.06. The van der Waals surface area contributed by atoms with Crippen LogP contribution in [0.25, 0.3) is 0 Å². The van der Waals surface area contributed by atoms with Gasteiger partial charge in [0.15, 0.2) is 0 Å². The number of rotatable bonds is 4. The third-order valence-corrected chi connectivity index (χ3v) is 5.29. The summed E-state index contributed by atoms with van der Waals surface area (Å²) in [7, 11) is -3.36. The topological polar surface area (TPSA) is 87.6 Å². The van der Waals surface area contributed by atoms with E-state index in [2.05, 4.69) is 4.98 Å². The number of pyridine rings is 1. The maximum atomic E-state index is 11.9. The third-order valence-electron chi connectivity index (χ3n) is 3.47. The minimum atomic E-state index is -3.36. The van der Waals surface area contributed by atoms with Gasteiger partial charge in [-0.15, -0.1) is 0 Å². The number of aliphatic carboxylic acids is 1. The highest BCUT2D eigenvalue weighted by atomic mass is 32.2. The summed E-state index contributed by atoms with van der Waals surface area (Å²) in [5.41, 5.74) is 0.767. The number of carbonyl (C=O) groups is 1. The van der Waals surface area contributed by atoms with Crippen molar-refractivity contribution in [2.24, 2.45) is 5.92 Å². The zero-order chi connectivity index (χ0) is 14.0. The molecule has 104 valence electrons. The Bertz CT molecular complexity index is 558. The lowest BCUT2D eigenvalue weighted by atomic mass is 9.90. The summed E-state index contributed by atoms with van der Waals surface area (Å²) in [5.74, 6) is -2.04. The molecule has 7 heteroatoms. The van der Waals surface area contributed by atoms with E-state index in [0.29, 0.717) is 0 Å². The molecule has 0 radical (unpaired) electrons. The van der Waals surface area contributed by atoms with Gasteiger partial charge >= 0.3 is 5.97 Å². The normalized spacial score (nSPS) is 24.5. The highest BCUT2D eigenvalue weighted by molar-refractivity contribution is 7.89. The second kappa shape index (κ2) is 5.26. The van der Waals surface area contributed by atoms with Gasteiger partial charge in [0.05, 0.1) is 11.7 Å². The fourth-order valence-corrected chi connectivity index (χ4v) is 3.50. The molecule has 2 heterocycles. The van der Waals surface area contributed by atoms with E-state index in [9.17, 15) is 18.3 Å². The Labute approximate surface area is 112 Å². The van der Waals surface area contributed by atoms with E-state index >= 15 is 0 Å². The summed E-state index contributed by atoms with van der Waals surface area (Å²) in [6.45, 7) is 1.80.